The van der Waals surface area contributed by atoms with E-state index in [9.17, 15) is 0 Å². The van der Waals surface area contributed by atoms with E-state index in [2.05, 4.69) is 10.3 Å². The van der Waals surface area contributed by atoms with Crippen LogP contribution in [0.15, 0.2) is 24.4 Å². The van der Waals surface area contributed by atoms with Crippen LogP contribution in [-0.4, -0.2) is 20.4 Å². The van der Waals surface area contributed by atoms with Gasteiger partial charge in [-0.2, -0.15) is 0 Å². The molecule has 2 rings (SSSR count). The van der Waals surface area contributed by atoms with Gasteiger partial charge in [-0.1, -0.05) is 17.0 Å². The quantitative estimate of drug-likeness (QED) is 0.539. The predicted octanol–water partition coefficient (Wildman–Crippen LogP) is 0.620. The lowest BCUT2D eigenvalue weighted by atomic mass is 10.3. The average Bonchev–Trinajstić information content (AvgIpc) is 2.36. The van der Waals surface area contributed by atoms with Crippen molar-refractivity contribution in [1.29, 1.82) is 0 Å². The maximum absolute atomic E-state index is 9.00. The molecule has 4 nitrogen and oxygen atoms in total. The molecule has 1 aliphatic heterocycles. The first kappa shape index (κ1) is 5.22. The Balaban J connectivity index is 2.80. The van der Waals surface area contributed by atoms with Gasteiger partial charge in [-0.3, -0.25) is 0 Å². The molecule has 0 saturated heterocycles. The van der Waals surface area contributed by atoms with Gasteiger partial charge in [-0.05, 0) is 11.3 Å². The molecule has 10 heavy (non-hydrogen) atoms. The van der Waals surface area contributed by atoms with Crippen LogP contribution in [-0.2, 0) is 0 Å². The van der Waals surface area contributed by atoms with E-state index in [0.29, 0.717) is 5.69 Å². The van der Waals surface area contributed by atoms with Crippen LogP contribution in [0.5, 0.6) is 0 Å². The van der Waals surface area contributed by atoms with Crippen LogP contribution >= 0.6 is 0 Å². The first-order valence-corrected chi connectivity index (χ1v) is 2.86. The standard InChI is InChI=1S/C6H5N3O/c10-9-6-3-1-2-5(6)4-7-8-9/h1-4,10H. The normalized spacial score (nSPS) is 10.4. The van der Waals surface area contributed by atoms with Crippen molar-refractivity contribution in [2.24, 2.45) is 0 Å². The lowest BCUT2D eigenvalue weighted by Crippen LogP contribution is -2.03. The molecule has 2 aliphatic rings. The number of nitrogens with zero attached hydrogens (tertiary/aromatic N) is 3. The van der Waals surface area contributed by atoms with E-state index in [-0.39, 0.29) is 0 Å². The van der Waals surface area contributed by atoms with Crippen LogP contribution < -0.4 is 0 Å². The summed E-state index contributed by atoms with van der Waals surface area (Å²) in [6, 6.07) is 5.46. The SMILES string of the molecule is On1nncc2cccc1-2. The van der Waals surface area contributed by atoms with Crippen molar-refractivity contribution >= 4 is 0 Å². The lowest BCUT2D eigenvalue weighted by molar-refractivity contribution is 0.139. The average molecular weight is 135 g/mol. The minimum absolute atomic E-state index is 0.676. The summed E-state index contributed by atoms with van der Waals surface area (Å²) in [7, 11) is 0. The van der Waals surface area contributed by atoms with Crippen LogP contribution in [0, 0.1) is 0 Å². The zero-order chi connectivity index (χ0) is 6.97. The summed E-state index contributed by atoms with van der Waals surface area (Å²) in [5.74, 6) is 0. The monoisotopic (exact) mass is 135 g/mol. The molecule has 1 aliphatic carbocycles. The van der Waals surface area contributed by atoms with Gasteiger partial charge in [0.1, 0.15) is 5.69 Å². The molecule has 50 valence electrons. The minimum atomic E-state index is 0.676. The molecule has 0 spiro atoms. The maximum Gasteiger partial charge on any atom is 0.111 e. The maximum atomic E-state index is 9.00. The van der Waals surface area contributed by atoms with E-state index in [1.807, 2.05) is 12.1 Å². The summed E-state index contributed by atoms with van der Waals surface area (Å²) >= 11 is 0. The first-order chi connectivity index (χ1) is 4.88. The van der Waals surface area contributed by atoms with Crippen LogP contribution in [0.1, 0.15) is 0 Å². The van der Waals surface area contributed by atoms with Crippen molar-refractivity contribution in [1.82, 2.24) is 15.2 Å². The molecule has 0 bridgehead atoms. The highest BCUT2D eigenvalue weighted by atomic mass is 16.5. The molecule has 0 atom stereocenters. The summed E-state index contributed by atoms with van der Waals surface area (Å²) in [6.45, 7) is 0. The second-order valence-corrected chi connectivity index (χ2v) is 1.99. The highest BCUT2D eigenvalue weighted by Crippen LogP contribution is 2.17. The molecule has 0 unspecified atom stereocenters. The number of hydrogen-bond acceptors (Lipinski definition) is 3. The summed E-state index contributed by atoms with van der Waals surface area (Å²) < 4.78 is 0. The third kappa shape index (κ3) is 0.556. The molecule has 0 radical (unpaired) electrons. The zero-order valence-electron chi connectivity index (χ0n) is 5.10. The van der Waals surface area contributed by atoms with Gasteiger partial charge in [0, 0.05) is 5.56 Å². The van der Waals surface area contributed by atoms with Gasteiger partial charge in [0.15, 0.2) is 0 Å². The fourth-order valence-electron chi connectivity index (χ4n) is 0.901. The Hall–Kier alpha value is -1.58. The van der Waals surface area contributed by atoms with E-state index in [1.54, 1.807) is 12.3 Å². The van der Waals surface area contributed by atoms with E-state index >= 15 is 0 Å². The highest BCUT2D eigenvalue weighted by molar-refractivity contribution is 5.60. The van der Waals surface area contributed by atoms with Crippen LogP contribution in [0.3, 0.4) is 0 Å². The second-order valence-electron chi connectivity index (χ2n) is 1.99. The Morgan fingerprint density at radius 1 is 1.40 bits per heavy atom. The lowest BCUT2D eigenvalue weighted by Gasteiger charge is -1.99. The van der Waals surface area contributed by atoms with Gasteiger partial charge >= 0.3 is 0 Å². The third-order valence-electron chi connectivity index (χ3n) is 1.37. The Morgan fingerprint density at radius 2 is 2.30 bits per heavy atom. The van der Waals surface area contributed by atoms with Gasteiger partial charge in [0.05, 0.1) is 6.20 Å². The Labute approximate surface area is 57.0 Å². The van der Waals surface area contributed by atoms with Gasteiger partial charge < -0.3 is 5.21 Å². The van der Waals surface area contributed by atoms with Crippen LogP contribution in [0.25, 0.3) is 11.3 Å². The Morgan fingerprint density at radius 3 is 3.10 bits per heavy atom. The molecule has 0 amide bonds. The molecular weight excluding hydrogens is 130 g/mol. The molecule has 0 fully saturated rings. The van der Waals surface area contributed by atoms with Crippen molar-refractivity contribution in [2.45, 2.75) is 0 Å². The highest BCUT2D eigenvalue weighted by Gasteiger charge is 2.04. The molecule has 1 N–H and O–H groups in total. The number of fused-ring (bicyclic) bond motifs is 1. The predicted molar refractivity (Wildman–Crippen MR) is 33.8 cm³/mol. The zero-order valence-corrected chi connectivity index (χ0v) is 5.10. The van der Waals surface area contributed by atoms with Crippen LogP contribution in [0.4, 0.5) is 0 Å². The van der Waals surface area contributed by atoms with Crippen molar-refractivity contribution in [3.8, 4) is 11.3 Å². The number of hydrogen-bond donors (Lipinski definition) is 1. The Bertz CT molecular complexity index is 317. The fourth-order valence-corrected chi connectivity index (χ4v) is 0.901. The van der Waals surface area contributed by atoms with E-state index in [1.165, 1.54) is 0 Å². The Kier molecular flexibility index (Phi) is 0.887. The van der Waals surface area contributed by atoms with Crippen molar-refractivity contribution in [3.63, 3.8) is 0 Å². The number of aromatic nitrogens is 3. The summed E-state index contributed by atoms with van der Waals surface area (Å²) in [4.78, 5) is 0.759. The molecule has 0 aromatic rings. The molecule has 1 heterocycles. The smallest absolute Gasteiger partial charge is 0.111 e. The molecular formula is C6H5N3O. The molecule has 0 aromatic heterocycles. The summed E-state index contributed by atoms with van der Waals surface area (Å²) in [5, 5.41) is 16.0. The summed E-state index contributed by atoms with van der Waals surface area (Å²) in [6.07, 6.45) is 1.60. The topological polar surface area (TPSA) is 50.9 Å². The van der Waals surface area contributed by atoms with Gasteiger partial charge in [0.2, 0.25) is 0 Å². The van der Waals surface area contributed by atoms with E-state index in [0.717, 1.165) is 10.4 Å². The summed E-state index contributed by atoms with van der Waals surface area (Å²) in [5.41, 5.74) is 1.56. The first-order valence-electron chi connectivity index (χ1n) is 2.86. The number of rotatable bonds is 0. The van der Waals surface area contributed by atoms with Crippen LogP contribution in [0.2, 0.25) is 0 Å². The van der Waals surface area contributed by atoms with Gasteiger partial charge in [-0.25, -0.2) is 0 Å². The van der Waals surface area contributed by atoms with Crippen molar-refractivity contribution < 1.29 is 5.21 Å². The van der Waals surface area contributed by atoms with Crippen molar-refractivity contribution in [3.05, 3.63) is 24.4 Å². The van der Waals surface area contributed by atoms with Gasteiger partial charge in [-0.15, -0.1) is 5.10 Å². The molecule has 4 heteroatoms. The molecule has 0 aromatic carbocycles. The van der Waals surface area contributed by atoms with E-state index in [4.69, 9.17) is 5.21 Å². The van der Waals surface area contributed by atoms with Crippen molar-refractivity contribution in [2.75, 3.05) is 0 Å². The third-order valence-corrected chi connectivity index (χ3v) is 1.37. The van der Waals surface area contributed by atoms with Gasteiger partial charge in [0.25, 0.3) is 0 Å². The largest absolute Gasteiger partial charge is 0.410 e. The fraction of sp³-hybridized carbons (Fsp3) is 0. The second kappa shape index (κ2) is 1.70. The molecule has 0 saturated carbocycles. The minimum Gasteiger partial charge on any atom is -0.410 e. The van der Waals surface area contributed by atoms with E-state index < -0.39 is 0 Å².